The molecule has 0 unspecified atom stereocenters. The van der Waals surface area contributed by atoms with E-state index in [1.807, 2.05) is 60.7 Å². The van der Waals surface area contributed by atoms with Gasteiger partial charge in [0.1, 0.15) is 0 Å². The van der Waals surface area contributed by atoms with Crippen LogP contribution < -0.4 is 9.78 Å². The van der Waals surface area contributed by atoms with Gasteiger partial charge in [-0.15, -0.1) is 0 Å². The van der Waals surface area contributed by atoms with Crippen molar-refractivity contribution in [2.24, 2.45) is 0 Å². The van der Waals surface area contributed by atoms with Crippen molar-refractivity contribution in [3.05, 3.63) is 60.7 Å². The van der Waals surface area contributed by atoms with Crippen LogP contribution in [-0.2, 0) is 0 Å². The highest BCUT2D eigenvalue weighted by Crippen LogP contribution is 2.13. The van der Waals surface area contributed by atoms with Crippen LogP contribution in [0, 0.1) is 0 Å². The minimum Gasteiger partial charge on any atom is -0.400 e. The van der Waals surface area contributed by atoms with E-state index in [4.69, 9.17) is 14.9 Å². The van der Waals surface area contributed by atoms with Gasteiger partial charge in [-0.25, -0.2) is 0 Å². The molecule has 2 aromatic carbocycles. The fraction of sp³-hybridized carbons (Fsp3) is 0.0769. The molecule has 0 amide bonds. The van der Waals surface area contributed by atoms with Crippen molar-refractivity contribution < 1.29 is 14.9 Å². The largest absolute Gasteiger partial charge is 0.400 e. The van der Waals surface area contributed by atoms with Crippen LogP contribution in [0.25, 0.3) is 0 Å². The highest BCUT2D eigenvalue weighted by Gasteiger charge is 1.94. The van der Waals surface area contributed by atoms with Crippen molar-refractivity contribution in [3.63, 3.8) is 0 Å². The van der Waals surface area contributed by atoms with Crippen LogP contribution in [-0.4, -0.2) is 12.2 Å². The Morgan fingerprint density at radius 1 is 0.625 bits per heavy atom. The van der Waals surface area contributed by atoms with E-state index in [-0.39, 0.29) is 0 Å². The van der Waals surface area contributed by atoms with Gasteiger partial charge in [0, 0.05) is 7.11 Å². The first-order valence-electron chi connectivity index (χ1n) is 4.84. The maximum absolute atomic E-state index is 7.00. The summed E-state index contributed by atoms with van der Waals surface area (Å²) in [5.74, 6) is 1.38. The summed E-state index contributed by atoms with van der Waals surface area (Å²) in [6, 6.07) is 18.8. The molecule has 2 aromatic rings. The molecule has 0 spiro atoms. The lowest BCUT2D eigenvalue weighted by Crippen LogP contribution is -1.99. The molecule has 2 rings (SSSR count). The average Bonchev–Trinajstić information content (AvgIpc) is 2.41. The zero-order chi connectivity index (χ0) is 11.6. The van der Waals surface area contributed by atoms with Crippen LogP contribution in [0.3, 0.4) is 0 Å². The van der Waals surface area contributed by atoms with E-state index in [2.05, 4.69) is 0 Å². The maximum Gasteiger partial charge on any atom is 0.178 e. The minimum absolute atomic E-state index is 0.691. The van der Waals surface area contributed by atoms with E-state index in [1.165, 1.54) is 0 Å². The van der Waals surface area contributed by atoms with Crippen molar-refractivity contribution in [3.8, 4) is 11.5 Å². The molecular weight excluding hydrogens is 204 g/mol. The molecule has 0 aliphatic rings. The van der Waals surface area contributed by atoms with Crippen molar-refractivity contribution >= 4 is 0 Å². The van der Waals surface area contributed by atoms with Gasteiger partial charge < -0.3 is 5.11 Å². The van der Waals surface area contributed by atoms with Crippen LogP contribution in [0.4, 0.5) is 0 Å². The summed E-state index contributed by atoms with van der Waals surface area (Å²) in [5.41, 5.74) is 0. The summed E-state index contributed by atoms with van der Waals surface area (Å²) in [6.07, 6.45) is 0. The molecule has 0 saturated carbocycles. The van der Waals surface area contributed by atoms with E-state index < -0.39 is 0 Å². The second-order valence-electron chi connectivity index (χ2n) is 2.79. The first kappa shape index (κ1) is 12.1. The number of rotatable bonds is 3. The molecule has 0 aliphatic heterocycles. The molecule has 0 heterocycles. The fourth-order valence-electron chi connectivity index (χ4n) is 1.05. The van der Waals surface area contributed by atoms with Gasteiger partial charge in [0.25, 0.3) is 0 Å². The summed E-state index contributed by atoms with van der Waals surface area (Å²) in [4.78, 5) is 10.2. The molecule has 3 nitrogen and oxygen atoms in total. The maximum atomic E-state index is 7.00. The van der Waals surface area contributed by atoms with Gasteiger partial charge in [-0.2, -0.15) is 0 Å². The molecule has 0 radical (unpaired) electrons. The lowest BCUT2D eigenvalue weighted by atomic mass is 10.3. The summed E-state index contributed by atoms with van der Waals surface area (Å²) in [6.45, 7) is 0. The van der Waals surface area contributed by atoms with Crippen molar-refractivity contribution in [2.45, 2.75) is 0 Å². The molecule has 84 valence electrons. The Morgan fingerprint density at radius 3 is 1.25 bits per heavy atom. The Balaban J connectivity index is 0.000000606. The Bertz CT molecular complexity index is 333. The Kier molecular flexibility index (Phi) is 5.52. The first-order chi connectivity index (χ1) is 7.95. The van der Waals surface area contributed by atoms with Crippen LogP contribution in [0.15, 0.2) is 60.7 Å². The molecule has 0 aliphatic carbocycles. The molecule has 3 heteroatoms. The third kappa shape index (κ3) is 4.02. The molecule has 1 N–H and O–H groups in total. The van der Waals surface area contributed by atoms with Gasteiger partial charge in [-0.1, -0.05) is 36.4 Å². The van der Waals surface area contributed by atoms with E-state index in [0.29, 0.717) is 11.5 Å². The summed E-state index contributed by atoms with van der Waals surface area (Å²) in [5, 5.41) is 7.00. The second kappa shape index (κ2) is 7.31. The Labute approximate surface area is 94.8 Å². The van der Waals surface area contributed by atoms with Gasteiger partial charge in [0.05, 0.1) is 0 Å². The van der Waals surface area contributed by atoms with Crippen LogP contribution in [0.5, 0.6) is 11.5 Å². The van der Waals surface area contributed by atoms with Crippen molar-refractivity contribution in [1.82, 2.24) is 0 Å². The minimum atomic E-state index is 0.691. The van der Waals surface area contributed by atoms with Gasteiger partial charge >= 0.3 is 0 Å². The molecule has 0 saturated heterocycles. The Hall–Kier alpha value is -2.00. The lowest BCUT2D eigenvalue weighted by Gasteiger charge is -2.04. The second-order valence-corrected chi connectivity index (χ2v) is 2.79. The standard InChI is InChI=1S/C12H10O2.CH4O/c1-3-7-11(8-4-1)13-14-12-9-5-2-6-10-12;1-2/h1-10H;2H,1H3. The normalized spacial score (nSPS) is 8.62. The number of aliphatic hydroxyl groups is 1. The van der Waals surface area contributed by atoms with E-state index in [1.54, 1.807) is 0 Å². The van der Waals surface area contributed by atoms with E-state index in [9.17, 15) is 0 Å². The highest BCUT2D eigenvalue weighted by atomic mass is 17.2. The van der Waals surface area contributed by atoms with Crippen molar-refractivity contribution in [1.29, 1.82) is 0 Å². The number of aliphatic hydroxyl groups excluding tert-OH is 1. The summed E-state index contributed by atoms with van der Waals surface area (Å²) in [7, 11) is 1.00. The number of benzene rings is 2. The van der Waals surface area contributed by atoms with Gasteiger partial charge in [-0.05, 0) is 24.3 Å². The highest BCUT2D eigenvalue weighted by molar-refractivity contribution is 5.23. The zero-order valence-electron chi connectivity index (χ0n) is 9.04. The predicted molar refractivity (Wildman–Crippen MR) is 62.3 cm³/mol. The molecule has 0 atom stereocenters. The summed E-state index contributed by atoms with van der Waals surface area (Å²) < 4.78 is 0. The fourth-order valence-corrected chi connectivity index (χ4v) is 1.05. The lowest BCUT2D eigenvalue weighted by molar-refractivity contribution is -0.0999. The third-order valence-corrected chi connectivity index (χ3v) is 1.72. The van der Waals surface area contributed by atoms with Gasteiger partial charge in [0.15, 0.2) is 11.5 Å². The first-order valence-corrected chi connectivity index (χ1v) is 4.84. The third-order valence-electron chi connectivity index (χ3n) is 1.72. The number of hydrogen-bond donors (Lipinski definition) is 1. The molecule has 0 fully saturated rings. The topological polar surface area (TPSA) is 38.7 Å². The number of hydrogen-bond acceptors (Lipinski definition) is 3. The van der Waals surface area contributed by atoms with Crippen LogP contribution in [0.1, 0.15) is 0 Å². The van der Waals surface area contributed by atoms with Gasteiger partial charge in [-0.3, -0.25) is 9.78 Å². The monoisotopic (exact) mass is 218 g/mol. The average molecular weight is 218 g/mol. The van der Waals surface area contributed by atoms with E-state index in [0.717, 1.165) is 7.11 Å². The quantitative estimate of drug-likeness (QED) is 0.635. The molecular formula is C13H14O3. The van der Waals surface area contributed by atoms with Crippen LogP contribution >= 0.6 is 0 Å². The number of para-hydroxylation sites is 2. The van der Waals surface area contributed by atoms with E-state index >= 15 is 0 Å². The summed E-state index contributed by atoms with van der Waals surface area (Å²) >= 11 is 0. The van der Waals surface area contributed by atoms with Crippen molar-refractivity contribution in [2.75, 3.05) is 7.11 Å². The molecule has 0 bridgehead atoms. The SMILES string of the molecule is CO.c1ccc(OOc2ccccc2)cc1. The van der Waals surface area contributed by atoms with Crippen LogP contribution in [0.2, 0.25) is 0 Å². The Morgan fingerprint density at radius 2 is 0.938 bits per heavy atom. The van der Waals surface area contributed by atoms with Gasteiger partial charge in [0.2, 0.25) is 0 Å². The molecule has 16 heavy (non-hydrogen) atoms. The predicted octanol–water partition coefficient (Wildman–Crippen LogP) is 2.67. The zero-order valence-corrected chi connectivity index (χ0v) is 9.04. The smallest absolute Gasteiger partial charge is 0.178 e. The molecule has 0 aromatic heterocycles.